The smallest absolute Gasteiger partial charge is 0.267 e. The number of carbonyl (C=O) groups is 1. The van der Waals surface area contributed by atoms with Crippen LogP contribution in [0.5, 0.6) is 0 Å². The molecule has 1 N–H and O–H groups in total. The van der Waals surface area contributed by atoms with Crippen molar-refractivity contribution in [2.45, 2.75) is 37.8 Å². The van der Waals surface area contributed by atoms with Crippen LogP contribution in [0.2, 0.25) is 0 Å². The maximum absolute atomic E-state index is 13.0. The highest BCUT2D eigenvalue weighted by Gasteiger charge is 2.28. The van der Waals surface area contributed by atoms with E-state index in [-0.39, 0.29) is 17.5 Å². The van der Waals surface area contributed by atoms with Crippen LogP contribution in [0.15, 0.2) is 77.6 Å². The molecule has 142 valence electrons. The van der Waals surface area contributed by atoms with E-state index in [1.165, 1.54) is 10.7 Å². The van der Waals surface area contributed by atoms with Crippen molar-refractivity contribution in [3.05, 3.63) is 100.0 Å². The first-order valence-electron chi connectivity index (χ1n) is 9.63. The van der Waals surface area contributed by atoms with Crippen molar-refractivity contribution in [2.75, 3.05) is 0 Å². The van der Waals surface area contributed by atoms with Crippen molar-refractivity contribution in [1.82, 2.24) is 15.1 Å². The summed E-state index contributed by atoms with van der Waals surface area (Å²) < 4.78 is 1.30. The standard InChI is InChI=1S/C23H23N3O2/c1-16(26-21(27)15-14-20(25-26)17-12-13-17)23(28)24-22(18-8-4-2-5-9-18)19-10-6-3-7-11-19/h2-11,14-17,22H,12-13H2,1H3,(H,24,28). The van der Waals surface area contributed by atoms with E-state index in [0.29, 0.717) is 5.92 Å². The van der Waals surface area contributed by atoms with E-state index in [9.17, 15) is 9.59 Å². The summed E-state index contributed by atoms with van der Waals surface area (Å²) in [5, 5.41) is 7.55. The molecule has 2 aromatic carbocycles. The van der Waals surface area contributed by atoms with Crippen LogP contribution in [0, 0.1) is 0 Å². The van der Waals surface area contributed by atoms with Crippen molar-refractivity contribution < 1.29 is 4.79 Å². The van der Waals surface area contributed by atoms with Crippen LogP contribution in [0.4, 0.5) is 0 Å². The predicted molar refractivity (Wildman–Crippen MR) is 108 cm³/mol. The number of nitrogens with zero attached hydrogens (tertiary/aromatic N) is 2. The number of benzene rings is 2. The largest absolute Gasteiger partial charge is 0.343 e. The molecule has 0 bridgehead atoms. The van der Waals surface area contributed by atoms with Crippen molar-refractivity contribution in [3.8, 4) is 0 Å². The van der Waals surface area contributed by atoms with Gasteiger partial charge in [0.15, 0.2) is 0 Å². The van der Waals surface area contributed by atoms with Gasteiger partial charge in [0, 0.05) is 12.0 Å². The molecule has 0 saturated heterocycles. The van der Waals surface area contributed by atoms with E-state index in [4.69, 9.17) is 0 Å². The van der Waals surface area contributed by atoms with Gasteiger partial charge in [-0.3, -0.25) is 9.59 Å². The number of nitrogens with one attached hydrogen (secondary N) is 1. The van der Waals surface area contributed by atoms with Crippen LogP contribution in [0.1, 0.15) is 54.6 Å². The average molecular weight is 373 g/mol. The highest BCUT2D eigenvalue weighted by Crippen LogP contribution is 2.38. The number of carbonyl (C=O) groups excluding carboxylic acids is 1. The third-order valence-corrected chi connectivity index (χ3v) is 5.14. The number of hydrogen-bond acceptors (Lipinski definition) is 3. The molecule has 5 nitrogen and oxygen atoms in total. The number of aromatic nitrogens is 2. The minimum absolute atomic E-state index is 0.236. The van der Waals surface area contributed by atoms with Gasteiger partial charge in [-0.1, -0.05) is 60.7 Å². The normalized spacial score (nSPS) is 14.6. The molecule has 5 heteroatoms. The number of amides is 1. The summed E-state index contributed by atoms with van der Waals surface area (Å²) in [7, 11) is 0. The van der Waals surface area contributed by atoms with E-state index < -0.39 is 6.04 Å². The molecule has 1 heterocycles. The number of rotatable bonds is 6. The zero-order valence-corrected chi connectivity index (χ0v) is 15.8. The first-order chi connectivity index (χ1) is 13.6. The van der Waals surface area contributed by atoms with Crippen LogP contribution < -0.4 is 10.9 Å². The molecule has 1 aliphatic carbocycles. The summed E-state index contributed by atoms with van der Waals surface area (Å²) in [5.41, 5.74) is 2.60. The van der Waals surface area contributed by atoms with Gasteiger partial charge in [-0.05, 0) is 37.0 Å². The second-order valence-corrected chi connectivity index (χ2v) is 7.25. The van der Waals surface area contributed by atoms with Crippen molar-refractivity contribution >= 4 is 5.91 Å². The molecule has 1 aromatic heterocycles. The highest BCUT2D eigenvalue weighted by atomic mass is 16.2. The van der Waals surface area contributed by atoms with Gasteiger partial charge in [-0.2, -0.15) is 5.10 Å². The molecule has 28 heavy (non-hydrogen) atoms. The lowest BCUT2D eigenvalue weighted by atomic mass is 9.98. The quantitative estimate of drug-likeness (QED) is 0.718. The maximum atomic E-state index is 13.0. The van der Waals surface area contributed by atoms with Gasteiger partial charge in [0.25, 0.3) is 5.56 Å². The van der Waals surface area contributed by atoms with E-state index in [2.05, 4.69) is 10.4 Å². The van der Waals surface area contributed by atoms with Crippen molar-refractivity contribution in [1.29, 1.82) is 0 Å². The van der Waals surface area contributed by atoms with Crippen LogP contribution in [0.25, 0.3) is 0 Å². The molecule has 1 aliphatic rings. The first kappa shape index (κ1) is 18.2. The fraction of sp³-hybridized carbons (Fsp3) is 0.261. The predicted octanol–water partition coefficient (Wildman–Crippen LogP) is 3.59. The third kappa shape index (κ3) is 3.88. The minimum atomic E-state index is -0.693. The molecule has 0 spiro atoms. The monoisotopic (exact) mass is 373 g/mol. The molecular formula is C23H23N3O2. The van der Waals surface area contributed by atoms with Gasteiger partial charge < -0.3 is 5.32 Å². The molecule has 1 amide bonds. The molecule has 1 atom stereocenters. The Morgan fingerprint density at radius 1 is 0.964 bits per heavy atom. The van der Waals surface area contributed by atoms with Crippen molar-refractivity contribution in [2.24, 2.45) is 0 Å². The van der Waals surface area contributed by atoms with Gasteiger partial charge in [0.1, 0.15) is 6.04 Å². The van der Waals surface area contributed by atoms with Gasteiger partial charge in [0.05, 0.1) is 11.7 Å². The summed E-state index contributed by atoms with van der Waals surface area (Å²) in [5.74, 6) is 0.184. The summed E-state index contributed by atoms with van der Waals surface area (Å²) in [6.45, 7) is 1.72. The second-order valence-electron chi connectivity index (χ2n) is 7.25. The van der Waals surface area contributed by atoms with E-state index >= 15 is 0 Å². The molecule has 1 unspecified atom stereocenters. The molecule has 0 radical (unpaired) electrons. The topological polar surface area (TPSA) is 64.0 Å². The average Bonchev–Trinajstić information content (AvgIpc) is 3.58. The Bertz CT molecular complexity index is 971. The Kier molecular flexibility index (Phi) is 5.06. The Morgan fingerprint density at radius 2 is 1.54 bits per heavy atom. The summed E-state index contributed by atoms with van der Waals surface area (Å²) >= 11 is 0. The molecule has 1 saturated carbocycles. The Balaban J connectivity index is 1.61. The summed E-state index contributed by atoms with van der Waals surface area (Å²) in [4.78, 5) is 25.3. The van der Waals surface area contributed by atoms with Crippen LogP contribution in [-0.2, 0) is 4.79 Å². The lowest BCUT2D eigenvalue weighted by molar-refractivity contribution is -0.124. The zero-order valence-electron chi connectivity index (χ0n) is 15.8. The molecular weight excluding hydrogens is 350 g/mol. The maximum Gasteiger partial charge on any atom is 0.267 e. The molecule has 4 rings (SSSR count). The molecule has 1 fully saturated rings. The van der Waals surface area contributed by atoms with E-state index in [1.807, 2.05) is 60.7 Å². The van der Waals surface area contributed by atoms with Gasteiger partial charge in [-0.25, -0.2) is 4.68 Å². The molecule has 3 aromatic rings. The number of hydrogen-bond donors (Lipinski definition) is 1. The fourth-order valence-electron chi connectivity index (χ4n) is 3.34. The first-order valence-corrected chi connectivity index (χ1v) is 9.63. The van der Waals surface area contributed by atoms with Gasteiger partial charge >= 0.3 is 0 Å². The SMILES string of the molecule is CC(C(=O)NC(c1ccccc1)c1ccccc1)n1nc(C2CC2)ccc1=O. The summed E-state index contributed by atoms with van der Waals surface area (Å²) in [6.07, 6.45) is 2.19. The Labute approximate surface area is 164 Å². The van der Waals surface area contributed by atoms with E-state index in [1.54, 1.807) is 13.0 Å². The van der Waals surface area contributed by atoms with Crippen LogP contribution >= 0.6 is 0 Å². The van der Waals surface area contributed by atoms with Crippen molar-refractivity contribution in [3.63, 3.8) is 0 Å². The van der Waals surface area contributed by atoms with Crippen LogP contribution in [0.3, 0.4) is 0 Å². The lowest BCUT2D eigenvalue weighted by Gasteiger charge is -2.22. The molecule has 0 aliphatic heterocycles. The van der Waals surface area contributed by atoms with E-state index in [0.717, 1.165) is 29.7 Å². The summed E-state index contributed by atoms with van der Waals surface area (Å²) in [6, 6.07) is 21.9. The van der Waals surface area contributed by atoms with Gasteiger partial charge in [0.2, 0.25) is 5.91 Å². The Hall–Kier alpha value is -3.21. The zero-order chi connectivity index (χ0) is 19.5. The second kappa shape index (κ2) is 7.80. The Morgan fingerprint density at radius 3 is 2.07 bits per heavy atom. The highest BCUT2D eigenvalue weighted by molar-refractivity contribution is 5.80. The van der Waals surface area contributed by atoms with Gasteiger partial charge in [-0.15, -0.1) is 0 Å². The fourth-order valence-corrected chi connectivity index (χ4v) is 3.34. The lowest BCUT2D eigenvalue weighted by Crippen LogP contribution is -2.39. The van der Waals surface area contributed by atoms with Crippen LogP contribution in [-0.4, -0.2) is 15.7 Å². The third-order valence-electron chi connectivity index (χ3n) is 5.14. The minimum Gasteiger partial charge on any atom is -0.343 e.